The van der Waals surface area contributed by atoms with Crippen LogP contribution in [0.15, 0.2) is 24.3 Å². The van der Waals surface area contributed by atoms with Crippen LogP contribution in [0.1, 0.15) is 50.7 Å². The third-order valence-electron chi connectivity index (χ3n) is 4.69. The highest BCUT2D eigenvalue weighted by molar-refractivity contribution is 5.32. The minimum Gasteiger partial charge on any atom is -0.300 e. The van der Waals surface area contributed by atoms with E-state index in [0.29, 0.717) is 5.54 Å². The summed E-state index contributed by atoms with van der Waals surface area (Å²) in [5, 5.41) is 0. The molecule has 1 atom stereocenters. The van der Waals surface area contributed by atoms with Gasteiger partial charge in [-0.15, -0.1) is 0 Å². The number of likely N-dealkylation sites (N-methyl/N-ethyl adjacent to an activating group) is 1. The Morgan fingerprint density at radius 1 is 1.00 bits per heavy atom. The average molecular weight is 245 g/mol. The lowest BCUT2D eigenvalue weighted by Gasteiger charge is -2.48. The van der Waals surface area contributed by atoms with Gasteiger partial charge in [0.1, 0.15) is 0 Å². The Kier molecular flexibility index (Phi) is 4.45. The molecule has 0 aromatic heterocycles. The van der Waals surface area contributed by atoms with Crippen molar-refractivity contribution in [2.45, 2.75) is 57.9 Å². The predicted molar refractivity (Wildman–Crippen MR) is 79.0 cm³/mol. The lowest BCUT2D eigenvalue weighted by molar-refractivity contribution is 0.0593. The maximum atomic E-state index is 2.63. The maximum Gasteiger partial charge on any atom is 0.0250 e. The van der Waals surface area contributed by atoms with E-state index in [1.54, 1.807) is 11.1 Å². The van der Waals surface area contributed by atoms with E-state index in [2.05, 4.69) is 36.2 Å². The Labute approximate surface area is 112 Å². The second-order valence-corrected chi connectivity index (χ2v) is 5.55. The van der Waals surface area contributed by atoms with Crippen molar-refractivity contribution in [2.24, 2.45) is 0 Å². The molecule has 0 N–H and O–H groups in total. The van der Waals surface area contributed by atoms with Crippen molar-refractivity contribution < 1.29 is 0 Å². The van der Waals surface area contributed by atoms with Gasteiger partial charge in [-0.3, -0.25) is 0 Å². The van der Waals surface area contributed by atoms with Gasteiger partial charge >= 0.3 is 0 Å². The van der Waals surface area contributed by atoms with Crippen molar-refractivity contribution in [3.8, 4) is 0 Å². The molecule has 1 heteroatoms. The van der Waals surface area contributed by atoms with E-state index in [9.17, 15) is 0 Å². The summed E-state index contributed by atoms with van der Waals surface area (Å²) < 4.78 is 0. The van der Waals surface area contributed by atoms with Gasteiger partial charge in [0.25, 0.3) is 0 Å². The van der Waals surface area contributed by atoms with Crippen molar-refractivity contribution in [1.82, 2.24) is 4.90 Å². The van der Waals surface area contributed by atoms with E-state index in [-0.39, 0.29) is 0 Å². The molecule has 3 rings (SSSR count). The molecule has 0 saturated carbocycles. The predicted octanol–water partition coefficient (Wildman–Crippen LogP) is 4.06. The third-order valence-corrected chi connectivity index (χ3v) is 4.69. The second-order valence-electron chi connectivity index (χ2n) is 5.55. The number of likely N-dealkylation sites (tertiary alicyclic amines) is 1. The zero-order valence-corrected chi connectivity index (χ0v) is 12.2. The first-order valence-electron chi connectivity index (χ1n) is 7.58. The highest BCUT2D eigenvalue weighted by atomic mass is 15.2. The molecular weight excluding hydrogens is 218 g/mol. The van der Waals surface area contributed by atoms with Gasteiger partial charge in [0, 0.05) is 5.54 Å². The van der Waals surface area contributed by atoms with Gasteiger partial charge in [-0.1, -0.05) is 44.5 Å². The summed E-state index contributed by atoms with van der Waals surface area (Å²) in [6, 6.07) is 9.02. The van der Waals surface area contributed by atoms with Gasteiger partial charge in [0.05, 0.1) is 0 Å². The maximum absolute atomic E-state index is 2.63. The lowest BCUT2D eigenvalue weighted by atomic mass is 9.72. The summed E-state index contributed by atoms with van der Waals surface area (Å²) in [5.41, 5.74) is 3.68. The monoisotopic (exact) mass is 245 g/mol. The van der Waals surface area contributed by atoms with Crippen LogP contribution in [-0.2, 0) is 12.8 Å². The van der Waals surface area contributed by atoms with Gasteiger partial charge in [-0.05, 0) is 56.8 Å². The quantitative estimate of drug-likeness (QED) is 0.666. The van der Waals surface area contributed by atoms with Crippen molar-refractivity contribution in [3.63, 3.8) is 0 Å². The van der Waals surface area contributed by atoms with E-state index in [0.717, 1.165) is 0 Å². The Morgan fingerprint density at radius 2 is 1.72 bits per heavy atom. The molecule has 1 spiro atoms. The SMILES string of the molecule is CC.CN1CCCCC12CCc1ccccc1C2. The molecule has 1 aliphatic heterocycles. The van der Waals surface area contributed by atoms with Crippen molar-refractivity contribution >= 4 is 0 Å². The van der Waals surface area contributed by atoms with Crippen LogP contribution in [0.4, 0.5) is 0 Å². The van der Waals surface area contributed by atoms with Crippen LogP contribution < -0.4 is 0 Å². The van der Waals surface area contributed by atoms with Crippen molar-refractivity contribution in [1.29, 1.82) is 0 Å². The molecule has 0 bridgehead atoms. The summed E-state index contributed by atoms with van der Waals surface area (Å²) in [6.45, 7) is 5.29. The smallest absolute Gasteiger partial charge is 0.0250 e. The summed E-state index contributed by atoms with van der Waals surface area (Å²) in [7, 11) is 2.33. The van der Waals surface area contributed by atoms with E-state index >= 15 is 0 Å². The van der Waals surface area contributed by atoms with Crippen LogP contribution in [-0.4, -0.2) is 24.0 Å². The summed E-state index contributed by atoms with van der Waals surface area (Å²) in [4.78, 5) is 2.63. The van der Waals surface area contributed by atoms with Crippen LogP contribution in [0.5, 0.6) is 0 Å². The molecule has 0 amide bonds. The van der Waals surface area contributed by atoms with Gasteiger partial charge in [-0.25, -0.2) is 0 Å². The number of aryl methyl sites for hydroxylation is 1. The molecule has 1 aliphatic carbocycles. The van der Waals surface area contributed by atoms with Crippen molar-refractivity contribution in [3.05, 3.63) is 35.4 Å². The fourth-order valence-electron chi connectivity index (χ4n) is 3.55. The largest absolute Gasteiger partial charge is 0.300 e. The third kappa shape index (κ3) is 2.47. The van der Waals surface area contributed by atoms with Crippen molar-refractivity contribution in [2.75, 3.05) is 13.6 Å². The summed E-state index contributed by atoms with van der Waals surface area (Å²) in [5.74, 6) is 0. The fourth-order valence-corrected chi connectivity index (χ4v) is 3.55. The Morgan fingerprint density at radius 3 is 2.44 bits per heavy atom. The molecule has 1 saturated heterocycles. The first kappa shape index (κ1) is 13.6. The fraction of sp³-hybridized carbons (Fsp3) is 0.647. The molecule has 1 nitrogen and oxygen atoms in total. The summed E-state index contributed by atoms with van der Waals surface area (Å²) >= 11 is 0. The zero-order valence-electron chi connectivity index (χ0n) is 12.2. The zero-order chi connectivity index (χ0) is 13.0. The molecule has 2 aliphatic rings. The Hall–Kier alpha value is -0.820. The van der Waals surface area contributed by atoms with Crippen LogP contribution >= 0.6 is 0 Å². The van der Waals surface area contributed by atoms with E-state index in [1.165, 1.54) is 45.1 Å². The van der Waals surface area contributed by atoms with Crippen LogP contribution in [0, 0.1) is 0 Å². The van der Waals surface area contributed by atoms with Crippen LogP contribution in [0.3, 0.4) is 0 Å². The first-order chi connectivity index (χ1) is 8.80. The van der Waals surface area contributed by atoms with Gasteiger partial charge < -0.3 is 4.90 Å². The molecule has 100 valence electrons. The Bertz CT molecular complexity index is 385. The normalized spacial score (nSPS) is 27.3. The number of benzene rings is 1. The molecule has 0 radical (unpaired) electrons. The van der Waals surface area contributed by atoms with E-state index in [1.807, 2.05) is 13.8 Å². The molecule has 1 aromatic carbocycles. The van der Waals surface area contributed by atoms with E-state index in [4.69, 9.17) is 0 Å². The minimum absolute atomic E-state index is 0.493. The highest BCUT2D eigenvalue weighted by Crippen LogP contribution is 2.38. The molecular formula is C17H27N. The molecule has 1 aromatic rings. The number of hydrogen-bond acceptors (Lipinski definition) is 1. The molecule has 1 unspecified atom stereocenters. The van der Waals surface area contributed by atoms with Crippen LogP contribution in [0.2, 0.25) is 0 Å². The molecule has 18 heavy (non-hydrogen) atoms. The number of hydrogen-bond donors (Lipinski definition) is 0. The number of nitrogens with zero attached hydrogens (tertiary/aromatic N) is 1. The number of rotatable bonds is 0. The molecule has 1 heterocycles. The minimum atomic E-state index is 0.493. The topological polar surface area (TPSA) is 3.24 Å². The number of piperidine rings is 1. The summed E-state index contributed by atoms with van der Waals surface area (Å²) in [6.07, 6.45) is 8.13. The highest BCUT2D eigenvalue weighted by Gasteiger charge is 2.38. The van der Waals surface area contributed by atoms with Gasteiger partial charge in [0.15, 0.2) is 0 Å². The van der Waals surface area contributed by atoms with Crippen LogP contribution in [0.25, 0.3) is 0 Å². The second kappa shape index (κ2) is 5.88. The lowest BCUT2D eigenvalue weighted by Crippen LogP contribution is -2.53. The Balaban J connectivity index is 0.000000574. The number of fused-ring (bicyclic) bond motifs is 1. The van der Waals surface area contributed by atoms with Gasteiger partial charge in [-0.2, -0.15) is 0 Å². The standard InChI is InChI=1S/C15H21N.C2H6/c1-16-11-5-4-9-15(16)10-8-13-6-2-3-7-14(13)12-15;1-2/h2-3,6-7H,4-5,8-12H2,1H3;1-2H3. The first-order valence-corrected chi connectivity index (χ1v) is 7.58. The van der Waals surface area contributed by atoms with Gasteiger partial charge in [0.2, 0.25) is 0 Å². The van der Waals surface area contributed by atoms with E-state index < -0.39 is 0 Å². The molecule has 1 fully saturated rings. The average Bonchev–Trinajstić information content (AvgIpc) is 2.44.